The number of amides is 1. The summed E-state index contributed by atoms with van der Waals surface area (Å²) in [6.07, 6.45) is -9.98. The second-order valence-corrected chi connectivity index (χ2v) is 12.0. The average molecular weight is 603 g/mol. The lowest BCUT2D eigenvalue weighted by atomic mass is 9.83. The van der Waals surface area contributed by atoms with Gasteiger partial charge in [0.1, 0.15) is 5.82 Å². The van der Waals surface area contributed by atoms with E-state index in [0.717, 1.165) is 0 Å². The molecule has 3 saturated heterocycles. The fourth-order valence-electron chi connectivity index (χ4n) is 6.58. The SMILES string of the molecule is C[C@@H](O[C@H]1CN2C(=O)CC(N3CCC(C)(O)CC3)C[C@H]2C1c1ccc(F)cc1)c1cc(C(F)(F)F)cc(C(F)(F)F)c1. The third kappa shape index (κ3) is 6.45. The van der Waals surface area contributed by atoms with Gasteiger partial charge in [0.05, 0.1) is 28.9 Å². The third-order valence-electron chi connectivity index (χ3n) is 8.94. The first-order chi connectivity index (χ1) is 19.5. The van der Waals surface area contributed by atoms with Gasteiger partial charge in [-0.2, -0.15) is 26.3 Å². The van der Waals surface area contributed by atoms with Gasteiger partial charge in [0.25, 0.3) is 0 Å². The molecule has 0 aliphatic carbocycles. The standard InChI is InChI=1S/C30H33F7N2O3/c1-17(19-11-20(29(32,33)34)13-21(12-19)30(35,36)37)42-25-16-39-24(27(25)18-3-5-22(31)6-4-18)14-23(15-26(39)40)38-9-7-28(2,41)8-10-38/h3-6,11-13,17,23-25,27,41H,7-10,14-16H2,1-2H3/t17-,23?,24+,25+,27?/m1/s1. The molecule has 1 amide bonds. The summed E-state index contributed by atoms with van der Waals surface area (Å²) in [5, 5.41) is 10.4. The summed E-state index contributed by atoms with van der Waals surface area (Å²) in [6, 6.07) is 6.60. The summed E-state index contributed by atoms with van der Waals surface area (Å²) in [6.45, 7) is 4.51. The second-order valence-electron chi connectivity index (χ2n) is 12.0. The van der Waals surface area contributed by atoms with Gasteiger partial charge < -0.3 is 14.7 Å². The van der Waals surface area contributed by atoms with Gasteiger partial charge in [0.15, 0.2) is 0 Å². The molecule has 2 aromatic carbocycles. The van der Waals surface area contributed by atoms with Crippen LogP contribution in [0.5, 0.6) is 0 Å². The highest BCUT2D eigenvalue weighted by Gasteiger charge is 2.50. The van der Waals surface area contributed by atoms with E-state index in [1.807, 2.05) is 0 Å². The highest BCUT2D eigenvalue weighted by Crippen LogP contribution is 2.45. The van der Waals surface area contributed by atoms with Crippen LogP contribution in [0.4, 0.5) is 30.7 Å². The van der Waals surface area contributed by atoms with E-state index in [1.54, 1.807) is 24.0 Å². The van der Waals surface area contributed by atoms with E-state index in [0.29, 0.717) is 50.0 Å². The first-order valence-corrected chi connectivity index (χ1v) is 14.0. The van der Waals surface area contributed by atoms with Gasteiger partial charge >= 0.3 is 12.4 Å². The minimum atomic E-state index is -5.00. The smallest absolute Gasteiger partial charge is 0.390 e. The molecule has 5 atom stereocenters. The van der Waals surface area contributed by atoms with Crippen LogP contribution in [-0.4, -0.2) is 64.2 Å². The molecule has 5 rings (SSSR count). The number of aliphatic hydroxyl groups is 1. The summed E-state index contributed by atoms with van der Waals surface area (Å²) in [4.78, 5) is 17.2. The number of hydrogen-bond donors (Lipinski definition) is 1. The van der Waals surface area contributed by atoms with E-state index in [-0.39, 0.29) is 42.6 Å². The molecule has 230 valence electrons. The monoisotopic (exact) mass is 602 g/mol. The number of ether oxygens (including phenoxy) is 1. The van der Waals surface area contributed by atoms with Gasteiger partial charge in [-0.15, -0.1) is 0 Å². The highest BCUT2D eigenvalue weighted by atomic mass is 19.4. The Kier molecular flexibility index (Phi) is 8.12. The molecule has 42 heavy (non-hydrogen) atoms. The summed E-state index contributed by atoms with van der Waals surface area (Å²) >= 11 is 0. The molecule has 0 bridgehead atoms. The van der Waals surface area contributed by atoms with Crippen LogP contribution in [0, 0.1) is 5.82 Å². The molecule has 1 N–H and O–H groups in total. The number of nitrogens with zero attached hydrogens (tertiary/aromatic N) is 2. The van der Waals surface area contributed by atoms with Crippen molar-refractivity contribution >= 4 is 5.91 Å². The minimum absolute atomic E-state index is 0.0755. The summed E-state index contributed by atoms with van der Waals surface area (Å²) in [7, 11) is 0. The number of alkyl halides is 6. The Balaban J connectivity index is 1.44. The third-order valence-corrected chi connectivity index (χ3v) is 8.94. The number of rotatable bonds is 5. The van der Waals surface area contributed by atoms with Gasteiger partial charge in [-0.05, 0) is 74.6 Å². The van der Waals surface area contributed by atoms with E-state index in [1.165, 1.54) is 19.1 Å². The van der Waals surface area contributed by atoms with Gasteiger partial charge in [-0.3, -0.25) is 9.69 Å². The number of likely N-dealkylation sites (tertiary alicyclic amines) is 1. The lowest BCUT2D eigenvalue weighted by molar-refractivity contribution is -0.143. The molecule has 0 saturated carbocycles. The zero-order valence-electron chi connectivity index (χ0n) is 23.2. The lowest BCUT2D eigenvalue weighted by Gasteiger charge is -2.45. The van der Waals surface area contributed by atoms with E-state index >= 15 is 0 Å². The second kappa shape index (κ2) is 11.1. The molecule has 2 unspecified atom stereocenters. The summed E-state index contributed by atoms with van der Waals surface area (Å²) < 4.78 is 101. The van der Waals surface area contributed by atoms with Crippen LogP contribution in [0.2, 0.25) is 0 Å². The molecular weight excluding hydrogens is 569 g/mol. The fourth-order valence-corrected chi connectivity index (χ4v) is 6.58. The van der Waals surface area contributed by atoms with Crippen LogP contribution in [0.3, 0.4) is 0 Å². The fraction of sp³-hybridized carbons (Fsp3) is 0.567. The molecule has 0 aromatic heterocycles. The van der Waals surface area contributed by atoms with Gasteiger partial charge in [-0.25, -0.2) is 4.39 Å². The maximum Gasteiger partial charge on any atom is 0.416 e. The first-order valence-electron chi connectivity index (χ1n) is 14.0. The first kappa shape index (κ1) is 30.7. The Hall–Kier alpha value is -2.70. The summed E-state index contributed by atoms with van der Waals surface area (Å²) in [5.74, 6) is -1.08. The molecular formula is C30H33F7N2O3. The molecule has 3 aliphatic rings. The van der Waals surface area contributed by atoms with Crippen molar-refractivity contribution in [2.45, 2.75) is 87.7 Å². The number of piperidine rings is 2. The predicted molar refractivity (Wildman–Crippen MR) is 139 cm³/mol. The number of fused-ring (bicyclic) bond motifs is 1. The molecule has 12 heteroatoms. The van der Waals surface area contributed by atoms with Crippen molar-refractivity contribution in [3.63, 3.8) is 0 Å². The number of halogens is 7. The van der Waals surface area contributed by atoms with Crippen molar-refractivity contribution in [1.29, 1.82) is 0 Å². The Morgan fingerprint density at radius 1 is 0.976 bits per heavy atom. The molecule has 3 aliphatic heterocycles. The van der Waals surface area contributed by atoms with Crippen LogP contribution < -0.4 is 0 Å². The van der Waals surface area contributed by atoms with Crippen molar-refractivity contribution in [3.05, 3.63) is 70.5 Å². The highest BCUT2D eigenvalue weighted by molar-refractivity contribution is 5.79. The largest absolute Gasteiger partial charge is 0.416 e. The van der Waals surface area contributed by atoms with Crippen LogP contribution in [0.1, 0.15) is 73.8 Å². The van der Waals surface area contributed by atoms with Gasteiger partial charge in [0, 0.05) is 44.1 Å². The van der Waals surface area contributed by atoms with Crippen molar-refractivity contribution in [2.24, 2.45) is 0 Å². The predicted octanol–water partition coefficient (Wildman–Crippen LogP) is 6.31. The Labute approximate surface area is 239 Å². The zero-order valence-corrected chi connectivity index (χ0v) is 23.2. The number of benzene rings is 2. The van der Waals surface area contributed by atoms with Crippen LogP contribution in [-0.2, 0) is 21.9 Å². The van der Waals surface area contributed by atoms with Crippen molar-refractivity contribution in [2.75, 3.05) is 19.6 Å². The molecule has 5 nitrogen and oxygen atoms in total. The molecule has 0 radical (unpaired) electrons. The lowest BCUT2D eigenvalue weighted by Crippen LogP contribution is -2.54. The average Bonchev–Trinajstić information content (AvgIpc) is 3.26. The Bertz CT molecular complexity index is 1250. The number of hydrogen-bond acceptors (Lipinski definition) is 4. The van der Waals surface area contributed by atoms with Crippen LogP contribution in [0.15, 0.2) is 42.5 Å². The van der Waals surface area contributed by atoms with Gasteiger partial charge in [0.2, 0.25) is 5.91 Å². The maximum atomic E-state index is 13.8. The normalized spacial score (nSPS) is 27.7. The maximum absolute atomic E-state index is 13.8. The van der Waals surface area contributed by atoms with Crippen molar-refractivity contribution < 1.29 is 45.4 Å². The zero-order chi connectivity index (χ0) is 30.6. The van der Waals surface area contributed by atoms with Gasteiger partial charge in [-0.1, -0.05) is 12.1 Å². The number of carbonyl (C=O) groups excluding carboxylic acids is 1. The van der Waals surface area contributed by atoms with Crippen LogP contribution in [0.25, 0.3) is 0 Å². The van der Waals surface area contributed by atoms with Crippen molar-refractivity contribution in [3.8, 4) is 0 Å². The number of carbonyl (C=O) groups is 1. The van der Waals surface area contributed by atoms with Crippen LogP contribution >= 0.6 is 0 Å². The van der Waals surface area contributed by atoms with E-state index in [9.17, 15) is 40.6 Å². The minimum Gasteiger partial charge on any atom is -0.390 e. The molecule has 3 fully saturated rings. The topological polar surface area (TPSA) is 53.0 Å². The molecule has 3 heterocycles. The molecule has 2 aromatic rings. The van der Waals surface area contributed by atoms with Crippen molar-refractivity contribution in [1.82, 2.24) is 9.80 Å². The quantitative estimate of drug-likeness (QED) is 0.408. The van der Waals surface area contributed by atoms with E-state index in [4.69, 9.17) is 4.74 Å². The Morgan fingerprint density at radius 2 is 1.55 bits per heavy atom. The molecule has 0 spiro atoms. The van der Waals surface area contributed by atoms with E-state index in [2.05, 4.69) is 4.90 Å². The summed E-state index contributed by atoms with van der Waals surface area (Å²) in [5.41, 5.74) is -3.25. The Morgan fingerprint density at radius 3 is 2.10 bits per heavy atom. The van der Waals surface area contributed by atoms with E-state index < -0.39 is 53.0 Å².